The van der Waals surface area contributed by atoms with Gasteiger partial charge in [0.15, 0.2) is 0 Å². The fourth-order valence-corrected chi connectivity index (χ4v) is 4.54. The normalized spacial score (nSPS) is 17.3. The van der Waals surface area contributed by atoms with Gasteiger partial charge in [0, 0.05) is 5.69 Å². The molecule has 1 N–H and O–H groups in total. The second-order valence-corrected chi connectivity index (χ2v) is 10.1. The topological polar surface area (TPSA) is 76.1 Å². The van der Waals surface area contributed by atoms with E-state index in [1.807, 2.05) is 26.8 Å². The SMILES string of the molecule is COc1cccc(C2/C(=C(\O)c3cc(C(C)(C)C)ccc3OC)C(=O)C(=O)N2c2ccc(F)c(Cl)c2)c1. The maximum atomic E-state index is 13.9. The van der Waals surface area contributed by atoms with Crippen molar-refractivity contribution < 1.29 is 28.6 Å². The van der Waals surface area contributed by atoms with Crippen molar-refractivity contribution in [1.29, 1.82) is 0 Å². The van der Waals surface area contributed by atoms with E-state index >= 15 is 0 Å². The van der Waals surface area contributed by atoms with E-state index in [4.69, 9.17) is 21.1 Å². The van der Waals surface area contributed by atoms with E-state index in [-0.39, 0.29) is 33.0 Å². The molecule has 1 amide bonds. The molecular weight excluding hydrogens is 497 g/mol. The molecule has 3 aromatic carbocycles. The van der Waals surface area contributed by atoms with Crippen LogP contribution in [0.4, 0.5) is 10.1 Å². The summed E-state index contributed by atoms with van der Waals surface area (Å²) in [6, 6.07) is 14.9. The van der Waals surface area contributed by atoms with Crippen LogP contribution in [0.15, 0.2) is 66.2 Å². The van der Waals surface area contributed by atoms with E-state index in [1.54, 1.807) is 36.4 Å². The molecular formula is C29H27ClFNO5. The number of anilines is 1. The van der Waals surface area contributed by atoms with E-state index in [0.29, 0.717) is 17.1 Å². The van der Waals surface area contributed by atoms with Crippen LogP contribution in [-0.2, 0) is 15.0 Å². The van der Waals surface area contributed by atoms with Crippen molar-refractivity contribution in [3.8, 4) is 11.5 Å². The van der Waals surface area contributed by atoms with Crippen LogP contribution in [0.2, 0.25) is 5.02 Å². The molecule has 1 fully saturated rings. The lowest BCUT2D eigenvalue weighted by atomic mass is 9.85. The fourth-order valence-electron chi connectivity index (χ4n) is 4.37. The molecule has 3 aromatic rings. The van der Waals surface area contributed by atoms with Crippen molar-refractivity contribution >= 4 is 34.7 Å². The maximum absolute atomic E-state index is 13.9. The highest BCUT2D eigenvalue weighted by Gasteiger charge is 2.47. The first-order valence-corrected chi connectivity index (χ1v) is 11.9. The van der Waals surface area contributed by atoms with Crippen molar-refractivity contribution in [3.05, 3.63) is 93.8 Å². The van der Waals surface area contributed by atoms with Crippen LogP contribution in [0.25, 0.3) is 5.76 Å². The van der Waals surface area contributed by atoms with Crippen LogP contribution < -0.4 is 14.4 Å². The first-order valence-electron chi connectivity index (χ1n) is 11.6. The van der Waals surface area contributed by atoms with Crippen molar-refractivity contribution in [1.82, 2.24) is 0 Å². The van der Waals surface area contributed by atoms with E-state index < -0.39 is 23.5 Å². The third kappa shape index (κ3) is 4.79. The molecule has 1 aliphatic rings. The average molecular weight is 524 g/mol. The number of ketones is 1. The van der Waals surface area contributed by atoms with Gasteiger partial charge in [0.2, 0.25) is 0 Å². The quantitative estimate of drug-likeness (QED) is 0.237. The Bertz CT molecular complexity index is 1430. The number of amides is 1. The minimum Gasteiger partial charge on any atom is -0.507 e. The molecule has 0 aromatic heterocycles. The molecule has 6 nitrogen and oxygen atoms in total. The van der Waals surface area contributed by atoms with E-state index in [2.05, 4.69) is 0 Å². The molecule has 1 heterocycles. The van der Waals surface area contributed by atoms with E-state index in [9.17, 15) is 19.1 Å². The fraction of sp³-hybridized carbons (Fsp3) is 0.241. The highest BCUT2D eigenvalue weighted by molar-refractivity contribution is 6.51. The number of methoxy groups -OCH3 is 2. The number of Topliss-reactive ketones (excluding diaryl/α,β-unsaturated/α-hetero) is 1. The lowest BCUT2D eigenvalue weighted by Crippen LogP contribution is -2.29. The number of nitrogens with zero attached hydrogens (tertiary/aromatic N) is 1. The maximum Gasteiger partial charge on any atom is 0.300 e. The Balaban J connectivity index is 2.02. The molecule has 8 heteroatoms. The van der Waals surface area contributed by atoms with Gasteiger partial charge in [-0.1, -0.05) is 50.6 Å². The number of halogens is 2. The van der Waals surface area contributed by atoms with Gasteiger partial charge in [-0.3, -0.25) is 14.5 Å². The predicted octanol–water partition coefficient (Wildman–Crippen LogP) is 6.42. The highest BCUT2D eigenvalue weighted by atomic mass is 35.5. The van der Waals surface area contributed by atoms with Crippen LogP contribution in [0.5, 0.6) is 11.5 Å². The molecule has 1 aliphatic heterocycles. The molecule has 0 saturated carbocycles. The van der Waals surface area contributed by atoms with Crippen molar-refractivity contribution in [3.63, 3.8) is 0 Å². The summed E-state index contributed by atoms with van der Waals surface area (Å²) >= 11 is 6.02. The van der Waals surface area contributed by atoms with Gasteiger partial charge in [-0.15, -0.1) is 0 Å². The van der Waals surface area contributed by atoms with Crippen molar-refractivity contribution in [2.24, 2.45) is 0 Å². The molecule has 1 unspecified atom stereocenters. The van der Waals surface area contributed by atoms with Crippen molar-refractivity contribution in [2.75, 3.05) is 19.1 Å². The number of rotatable bonds is 5. The first-order chi connectivity index (χ1) is 17.5. The second kappa shape index (κ2) is 9.90. The first kappa shape index (κ1) is 26.2. The zero-order chi connectivity index (χ0) is 27.1. The Kier molecular flexibility index (Phi) is 7.02. The van der Waals surface area contributed by atoms with Crippen LogP contribution in [0.1, 0.15) is 43.5 Å². The highest BCUT2D eigenvalue weighted by Crippen LogP contribution is 2.45. The monoisotopic (exact) mass is 523 g/mol. The van der Waals surface area contributed by atoms with E-state index in [1.165, 1.54) is 31.3 Å². The Morgan fingerprint density at radius 2 is 1.73 bits per heavy atom. The number of hydrogen-bond donors (Lipinski definition) is 1. The summed E-state index contributed by atoms with van der Waals surface area (Å²) in [5.74, 6) is -2.00. The van der Waals surface area contributed by atoms with Crippen molar-refractivity contribution in [2.45, 2.75) is 32.2 Å². The molecule has 1 atom stereocenters. The van der Waals surface area contributed by atoms with Gasteiger partial charge in [0.25, 0.3) is 11.7 Å². The number of aliphatic hydroxyl groups is 1. The van der Waals surface area contributed by atoms with Gasteiger partial charge < -0.3 is 14.6 Å². The Labute approximate surface area is 219 Å². The molecule has 192 valence electrons. The molecule has 1 saturated heterocycles. The van der Waals surface area contributed by atoms with Gasteiger partial charge in [0.05, 0.1) is 36.4 Å². The molecule has 0 aliphatic carbocycles. The summed E-state index contributed by atoms with van der Waals surface area (Å²) in [6.07, 6.45) is 0. The molecule has 4 rings (SSSR count). The number of carbonyl (C=O) groups is 2. The minimum absolute atomic E-state index is 0.136. The summed E-state index contributed by atoms with van der Waals surface area (Å²) in [5, 5.41) is 11.4. The average Bonchev–Trinajstić information content (AvgIpc) is 3.14. The predicted molar refractivity (Wildman–Crippen MR) is 141 cm³/mol. The molecule has 0 radical (unpaired) electrons. The summed E-state index contributed by atoms with van der Waals surface area (Å²) < 4.78 is 24.8. The summed E-state index contributed by atoms with van der Waals surface area (Å²) in [6.45, 7) is 6.06. The number of ether oxygens (including phenoxy) is 2. The standard InChI is InChI=1S/C29H27ClFNO5/c1-29(2,3)17-9-12-23(37-5)20(14-17)26(33)24-25(16-7-6-8-19(13-16)36-4)32(28(35)27(24)34)18-10-11-22(31)21(30)15-18/h6-15,25,33H,1-5H3/b26-24+. The zero-order valence-electron chi connectivity index (χ0n) is 21.1. The second-order valence-electron chi connectivity index (χ2n) is 9.71. The van der Waals surface area contributed by atoms with Gasteiger partial charge in [-0.25, -0.2) is 4.39 Å². The Morgan fingerprint density at radius 3 is 2.35 bits per heavy atom. The summed E-state index contributed by atoms with van der Waals surface area (Å²) in [7, 11) is 2.96. The van der Waals surface area contributed by atoms with E-state index in [0.717, 1.165) is 11.6 Å². The third-order valence-electron chi connectivity index (χ3n) is 6.36. The van der Waals surface area contributed by atoms with Gasteiger partial charge in [0.1, 0.15) is 23.1 Å². The lowest BCUT2D eigenvalue weighted by molar-refractivity contribution is -0.132. The smallest absolute Gasteiger partial charge is 0.300 e. The van der Waals surface area contributed by atoms with Gasteiger partial charge in [-0.05, 0) is 59.0 Å². The van der Waals surface area contributed by atoms with Gasteiger partial charge >= 0.3 is 0 Å². The Hall–Kier alpha value is -3.84. The van der Waals surface area contributed by atoms with Crippen LogP contribution in [0.3, 0.4) is 0 Å². The minimum atomic E-state index is -1.04. The number of carbonyl (C=O) groups excluding carboxylic acids is 2. The molecule has 37 heavy (non-hydrogen) atoms. The lowest BCUT2D eigenvalue weighted by Gasteiger charge is -2.26. The number of aliphatic hydroxyl groups excluding tert-OH is 1. The largest absolute Gasteiger partial charge is 0.507 e. The molecule has 0 spiro atoms. The van der Waals surface area contributed by atoms with Crippen LogP contribution in [-0.4, -0.2) is 31.0 Å². The van der Waals surface area contributed by atoms with Crippen LogP contribution in [0, 0.1) is 5.82 Å². The summed E-state index contributed by atoms with van der Waals surface area (Å²) in [5.41, 5.74) is 1.49. The van der Waals surface area contributed by atoms with Gasteiger partial charge in [-0.2, -0.15) is 0 Å². The summed E-state index contributed by atoms with van der Waals surface area (Å²) in [4.78, 5) is 28.1. The van der Waals surface area contributed by atoms with Crippen LogP contribution >= 0.6 is 11.6 Å². The number of benzene rings is 3. The Morgan fingerprint density at radius 1 is 1.00 bits per heavy atom. The molecule has 0 bridgehead atoms. The number of hydrogen-bond acceptors (Lipinski definition) is 5. The zero-order valence-corrected chi connectivity index (χ0v) is 21.9. The third-order valence-corrected chi connectivity index (χ3v) is 6.65.